The van der Waals surface area contributed by atoms with Crippen LogP contribution >= 0.6 is 33.2 Å². The molecule has 3 aliphatic rings. The van der Waals surface area contributed by atoms with Crippen molar-refractivity contribution in [2.24, 2.45) is 5.92 Å². The maximum atomic E-state index is 14.0. The zero-order valence-corrected chi connectivity index (χ0v) is 32.2. The number of hydrogen-bond acceptors (Lipinski definition) is 12. The number of alkyl carbamates (subject to hydrolysis) is 1. The molecular weight excluding hydrogens is 708 g/mol. The first-order valence-electron chi connectivity index (χ1n) is 16.5. The van der Waals surface area contributed by atoms with Gasteiger partial charge in [-0.25, -0.2) is 9.59 Å². The van der Waals surface area contributed by atoms with Gasteiger partial charge in [0.2, 0.25) is 5.91 Å². The number of halogens is 1. The minimum Gasteiger partial charge on any atom is -0.495 e. The van der Waals surface area contributed by atoms with Crippen LogP contribution in [0.25, 0.3) is 0 Å². The summed E-state index contributed by atoms with van der Waals surface area (Å²) in [7, 11) is 7.93. The van der Waals surface area contributed by atoms with Gasteiger partial charge in [0, 0.05) is 38.9 Å². The maximum Gasteiger partial charge on any atom is 0.409 e. The monoisotopic (exact) mass is 756 g/mol. The van der Waals surface area contributed by atoms with Crippen molar-refractivity contribution in [2.75, 3.05) is 44.8 Å². The van der Waals surface area contributed by atoms with Gasteiger partial charge < -0.3 is 38.4 Å². The Morgan fingerprint density at radius 2 is 2.02 bits per heavy atom. The number of methoxy groups -OCH3 is 2. The lowest BCUT2D eigenvalue weighted by molar-refractivity contribution is -0.165. The Hall–Kier alpha value is -2.46. The molecule has 2 fully saturated rings. The van der Waals surface area contributed by atoms with Gasteiger partial charge in [0.05, 0.1) is 25.3 Å². The lowest BCUT2D eigenvalue weighted by atomic mass is 9.83. The van der Waals surface area contributed by atoms with E-state index in [1.807, 2.05) is 38.3 Å². The van der Waals surface area contributed by atoms with Gasteiger partial charge >= 0.3 is 12.1 Å². The first-order chi connectivity index (χ1) is 23.7. The van der Waals surface area contributed by atoms with Crippen molar-refractivity contribution in [3.05, 3.63) is 46.5 Å². The summed E-state index contributed by atoms with van der Waals surface area (Å²) in [6.45, 7) is 7.51. The van der Waals surface area contributed by atoms with Crippen LogP contribution in [0.2, 0.25) is 5.02 Å². The summed E-state index contributed by atoms with van der Waals surface area (Å²) in [5.41, 5.74) is -0.719. The number of carbonyl (C=O) groups excluding carboxylic acids is 3. The molecule has 0 radical (unpaired) electrons. The van der Waals surface area contributed by atoms with Gasteiger partial charge in [-0.05, 0) is 57.6 Å². The fraction of sp³-hybridized carbons (Fsp3) is 0.629. The van der Waals surface area contributed by atoms with Crippen molar-refractivity contribution >= 4 is 56.8 Å². The number of aliphatic hydroxyl groups is 1. The van der Waals surface area contributed by atoms with Crippen molar-refractivity contribution in [1.29, 1.82) is 0 Å². The van der Waals surface area contributed by atoms with E-state index < -0.39 is 59.8 Å². The number of esters is 1. The number of anilines is 1. The molecule has 3 aliphatic heterocycles. The molecular formula is C35H49ClN2O10S2. The summed E-state index contributed by atoms with van der Waals surface area (Å²) in [6.07, 6.45) is 3.24. The van der Waals surface area contributed by atoms with Crippen LogP contribution in [0.3, 0.4) is 0 Å². The number of carbonyl (C=O) groups is 3. The number of allylic oxidation sites excluding steroid dienone is 3. The maximum absolute atomic E-state index is 14.0. The van der Waals surface area contributed by atoms with Crippen molar-refractivity contribution in [1.82, 2.24) is 5.32 Å². The molecule has 2 saturated heterocycles. The molecule has 0 aliphatic carbocycles. The summed E-state index contributed by atoms with van der Waals surface area (Å²) in [5, 5.41) is 14.5. The first kappa shape index (κ1) is 40.3. The normalized spacial score (nSPS) is 32.5. The van der Waals surface area contributed by atoms with Crippen molar-refractivity contribution < 1.29 is 47.9 Å². The molecule has 0 spiro atoms. The summed E-state index contributed by atoms with van der Waals surface area (Å²) < 4.78 is 34.9. The molecule has 2 amide bonds. The van der Waals surface area contributed by atoms with Crippen LogP contribution < -0.4 is 15.0 Å². The zero-order chi connectivity index (χ0) is 36.8. The lowest BCUT2D eigenvalue weighted by Crippen LogP contribution is -2.63. The molecule has 4 bridgehead atoms. The van der Waals surface area contributed by atoms with Crippen LogP contribution in [0.15, 0.2) is 35.9 Å². The molecule has 15 heteroatoms. The smallest absolute Gasteiger partial charge is 0.409 e. The molecule has 278 valence electrons. The average Bonchev–Trinajstić information content (AvgIpc) is 3.77. The van der Waals surface area contributed by atoms with Crippen molar-refractivity contribution in [3.8, 4) is 5.75 Å². The summed E-state index contributed by atoms with van der Waals surface area (Å²) in [4.78, 5) is 41.6. The van der Waals surface area contributed by atoms with Gasteiger partial charge in [0.15, 0.2) is 11.8 Å². The number of fused-ring (bicyclic) bond motifs is 5. The Kier molecular flexibility index (Phi) is 14.0. The number of benzene rings is 1. The zero-order valence-electron chi connectivity index (χ0n) is 29.9. The quantitative estimate of drug-likeness (QED) is 0.135. The fourth-order valence-corrected chi connectivity index (χ4v) is 7.94. The number of nitrogens with zero attached hydrogens (tertiary/aromatic N) is 1. The molecule has 2 N–H and O–H groups in total. The molecule has 4 rings (SSSR count). The molecule has 50 heavy (non-hydrogen) atoms. The number of ether oxygens (including phenoxy) is 6. The standard InChI is InChI=1S/C35H49ClN2O10S2/c1-20-11-9-12-27(44-7)35(42)19-26(46-33(41)37-35)21(2)31-34(4,48-31)28(47-32(40)22(3)45-13-10-14-50-49-8)18-29(39)38(5)24-16-23(15-20)17-25(43-6)30(24)36/h9,11-12,16-17,21-22,26-28,31,42H,10,13-15,18-19H2,1-8H3,(H,37,41)/b12-9+,20-11+/t21-,22-,26+,27-,28+,31+,34+,35+/m1/s1. The third kappa shape index (κ3) is 9.50. The second-order valence-corrected chi connectivity index (χ2v) is 16.1. The molecule has 12 nitrogen and oxygen atoms in total. The predicted octanol–water partition coefficient (Wildman–Crippen LogP) is 5.47. The number of hydrogen-bond donors (Lipinski definition) is 2. The summed E-state index contributed by atoms with van der Waals surface area (Å²) in [5.74, 6) is -0.219. The second-order valence-electron chi connectivity index (χ2n) is 13.1. The molecule has 3 heterocycles. The number of epoxide rings is 1. The molecule has 0 aromatic heterocycles. The topological polar surface area (TPSA) is 145 Å². The third-order valence-corrected chi connectivity index (χ3v) is 11.7. The Bertz CT molecular complexity index is 1460. The van der Waals surface area contributed by atoms with Crippen LogP contribution in [0.1, 0.15) is 52.5 Å². The van der Waals surface area contributed by atoms with Crippen LogP contribution in [0, 0.1) is 5.92 Å². The SMILES string of the molecule is COc1cc2cc(c1Cl)N(C)C(=O)C[C@H](OC(=O)[C@@H](C)OCCCSSC)[C@]1(C)O[C@H]1[C@H](C)[C@@H]1C[C@@](O)(NC(=O)O1)[C@H](OC)/C=C/C=C(\C)C2. The minimum absolute atomic E-state index is 0.0165. The Morgan fingerprint density at radius 1 is 1.28 bits per heavy atom. The van der Waals surface area contributed by atoms with E-state index in [0.717, 1.165) is 23.3 Å². The molecule has 8 atom stereocenters. The van der Waals surface area contributed by atoms with Gasteiger partial charge in [0.25, 0.3) is 0 Å². The fourth-order valence-electron chi connectivity index (χ4n) is 6.37. The predicted molar refractivity (Wildman–Crippen MR) is 195 cm³/mol. The van der Waals surface area contributed by atoms with Crippen molar-refractivity contribution in [3.63, 3.8) is 0 Å². The Labute approximate surface area is 307 Å². The highest BCUT2D eigenvalue weighted by Gasteiger charge is 2.64. The molecule has 0 unspecified atom stereocenters. The highest BCUT2D eigenvalue weighted by atomic mass is 35.5. The van der Waals surface area contributed by atoms with Gasteiger partial charge in [-0.1, -0.05) is 63.9 Å². The number of rotatable bonds is 10. The van der Waals surface area contributed by atoms with E-state index >= 15 is 0 Å². The molecule has 1 aromatic rings. The highest BCUT2D eigenvalue weighted by Crippen LogP contribution is 2.49. The molecule has 0 saturated carbocycles. The number of amides is 2. The van der Waals surface area contributed by atoms with Crippen LogP contribution in [0.5, 0.6) is 5.75 Å². The van der Waals surface area contributed by atoms with Gasteiger partial charge in [0.1, 0.15) is 34.7 Å². The van der Waals surface area contributed by atoms with E-state index in [1.165, 1.54) is 19.1 Å². The summed E-state index contributed by atoms with van der Waals surface area (Å²) in [6, 6.07) is 3.63. The third-order valence-electron chi connectivity index (χ3n) is 9.40. The second kappa shape index (κ2) is 17.4. The van der Waals surface area contributed by atoms with E-state index in [1.54, 1.807) is 54.6 Å². The highest BCUT2D eigenvalue weighted by molar-refractivity contribution is 8.76. The van der Waals surface area contributed by atoms with Crippen LogP contribution in [-0.4, -0.2) is 105 Å². The lowest BCUT2D eigenvalue weighted by Gasteiger charge is -2.42. The largest absolute Gasteiger partial charge is 0.495 e. The first-order valence-corrected chi connectivity index (χ1v) is 19.6. The number of nitrogens with one attached hydrogen (secondary N) is 1. The Balaban J connectivity index is 1.72. The van der Waals surface area contributed by atoms with Gasteiger partial charge in [-0.3, -0.25) is 10.1 Å². The van der Waals surface area contributed by atoms with E-state index in [4.69, 9.17) is 40.0 Å². The average molecular weight is 757 g/mol. The van der Waals surface area contributed by atoms with Crippen LogP contribution in [-0.2, 0) is 39.7 Å². The van der Waals surface area contributed by atoms with Crippen LogP contribution in [0.4, 0.5) is 10.5 Å². The van der Waals surface area contributed by atoms with E-state index in [0.29, 0.717) is 24.5 Å². The van der Waals surface area contributed by atoms with E-state index in [-0.39, 0.29) is 23.8 Å². The van der Waals surface area contributed by atoms with Gasteiger partial charge in [-0.2, -0.15) is 0 Å². The summed E-state index contributed by atoms with van der Waals surface area (Å²) >= 11 is 6.74. The minimum atomic E-state index is -1.79. The van der Waals surface area contributed by atoms with E-state index in [9.17, 15) is 19.5 Å². The molecule has 1 aromatic carbocycles. The Morgan fingerprint density at radius 3 is 2.70 bits per heavy atom. The van der Waals surface area contributed by atoms with Crippen molar-refractivity contribution in [2.45, 2.75) is 95.2 Å². The van der Waals surface area contributed by atoms with Gasteiger partial charge in [-0.15, -0.1) is 0 Å². The van der Waals surface area contributed by atoms with E-state index in [2.05, 4.69) is 5.32 Å².